The Bertz CT molecular complexity index is 564. The van der Waals surface area contributed by atoms with Crippen molar-refractivity contribution in [2.75, 3.05) is 37.7 Å². The summed E-state index contributed by atoms with van der Waals surface area (Å²) in [6, 6.07) is 8.68. The number of anilines is 1. The highest BCUT2D eigenvalue weighted by molar-refractivity contribution is 5.78. The van der Waals surface area contributed by atoms with Crippen molar-refractivity contribution in [1.29, 1.82) is 0 Å². The molecule has 2 saturated heterocycles. The molecule has 5 nitrogen and oxygen atoms in total. The molecule has 0 radical (unpaired) electrons. The van der Waals surface area contributed by atoms with Gasteiger partial charge in [-0.2, -0.15) is 0 Å². The molecule has 2 heterocycles. The molecule has 0 aliphatic carbocycles. The number of hydrogen-bond acceptors (Lipinski definition) is 3. The van der Waals surface area contributed by atoms with Crippen LogP contribution in [0, 0.1) is 11.8 Å². The van der Waals surface area contributed by atoms with E-state index in [2.05, 4.69) is 46.0 Å². The molecule has 1 atom stereocenters. The predicted molar refractivity (Wildman–Crippen MR) is 104 cm³/mol. The molecule has 0 saturated carbocycles. The summed E-state index contributed by atoms with van der Waals surface area (Å²) in [5.74, 6) is 1.86. The molecule has 25 heavy (non-hydrogen) atoms. The molecule has 2 aliphatic heterocycles. The third-order valence-electron chi connectivity index (χ3n) is 5.58. The van der Waals surface area contributed by atoms with E-state index in [9.17, 15) is 5.11 Å². The number of nitrogens with two attached hydrogens (primary N) is 1. The predicted octanol–water partition coefficient (Wildman–Crippen LogP) is 2.44. The maximum atomic E-state index is 9.25. The molecule has 1 unspecified atom stereocenters. The Morgan fingerprint density at radius 2 is 1.88 bits per heavy atom. The fourth-order valence-electron chi connectivity index (χ4n) is 3.86. The van der Waals surface area contributed by atoms with Crippen molar-refractivity contribution in [2.45, 2.75) is 39.2 Å². The van der Waals surface area contributed by atoms with Gasteiger partial charge >= 0.3 is 0 Å². The Morgan fingerprint density at radius 1 is 1.16 bits per heavy atom. The van der Waals surface area contributed by atoms with Crippen molar-refractivity contribution in [3.8, 4) is 0 Å². The molecule has 0 bridgehead atoms. The highest BCUT2D eigenvalue weighted by atomic mass is 16.3. The molecule has 138 valence electrons. The minimum absolute atomic E-state index is 0.321. The molecule has 0 amide bonds. The number of benzene rings is 1. The van der Waals surface area contributed by atoms with Gasteiger partial charge in [-0.25, -0.2) is 4.99 Å². The lowest BCUT2D eigenvalue weighted by atomic mass is 9.97. The van der Waals surface area contributed by atoms with Crippen LogP contribution in [0.25, 0.3) is 0 Å². The SMILES string of the molecule is CC1CCCN(C(N)=NCc2ccc(N3CCC(CO)CC3)cc2)C1. The van der Waals surface area contributed by atoms with Gasteiger partial charge in [0.05, 0.1) is 6.54 Å². The minimum Gasteiger partial charge on any atom is -0.396 e. The molecular weight excluding hydrogens is 312 g/mol. The summed E-state index contributed by atoms with van der Waals surface area (Å²) in [4.78, 5) is 9.22. The molecule has 1 aromatic carbocycles. The van der Waals surface area contributed by atoms with Crippen LogP contribution in [0.3, 0.4) is 0 Å². The van der Waals surface area contributed by atoms with Gasteiger partial charge in [0.2, 0.25) is 0 Å². The molecule has 0 spiro atoms. The van der Waals surface area contributed by atoms with Crippen LogP contribution >= 0.6 is 0 Å². The fraction of sp³-hybridized carbons (Fsp3) is 0.650. The maximum Gasteiger partial charge on any atom is 0.191 e. The zero-order valence-corrected chi connectivity index (χ0v) is 15.4. The smallest absolute Gasteiger partial charge is 0.191 e. The number of hydrogen-bond donors (Lipinski definition) is 2. The van der Waals surface area contributed by atoms with E-state index >= 15 is 0 Å². The first-order valence-electron chi connectivity index (χ1n) is 9.65. The van der Waals surface area contributed by atoms with E-state index in [1.54, 1.807) is 0 Å². The van der Waals surface area contributed by atoms with Crippen LogP contribution in [-0.2, 0) is 6.54 Å². The van der Waals surface area contributed by atoms with Crippen LogP contribution in [-0.4, -0.2) is 48.8 Å². The molecule has 3 rings (SSSR count). The Kier molecular flexibility index (Phi) is 6.19. The number of nitrogens with zero attached hydrogens (tertiary/aromatic N) is 3. The first-order valence-corrected chi connectivity index (χ1v) is 9.65. The number of aliphatic hydroxyl groups excluding tert-OH is 1. The molecule has 3 N–H and O–H groups in total. The molecule has 2 aliphatic rings. The van der Waals surface area contributed by atoms with Crippen LogP contribution in [0.15, 0.2) is 29.3 Å². The number of guanidine groups is 1. The van der Waals surface area contributed by atoms with Gasteiger partial charge in [0, 0.05) is 38.5 Å². The third-order valence-corrected chi connectivity index (χ3v) is 5.58. The van der Waals surface area contributed by atoms with Crippen LogP contribution in [0.2, 0.25) is 0 Å². The summed E-state index contributed by atoms with van der Waals surface area (Å²) in [7, 11) is 0. The Hall–Kier alpha value is -1.75. The third kappa shape index (κ3) is 4.88. The van der Waals surface area contributed by atoms with Crippen LogP contribution < -0.4 is 10.6 Å². The van der Waals surface area contributed by atoms with Crippen molar-refractivity contribution in [1.82, 2.24) is 4.90 Å². The van der Waals surface area contributed by atoms with E-state index in [0.717, 1.165) is 39.0 Å². The second-order valence-corrected chi connectivity index (χ2v) is 7.65. The van der Waals surface area contributed by atoms with Gasteiger partial charge < -0.3 is 20.6 Å². The van der Waals surface area contributed by atoms with E-state index in [0.29, 0.717) is 30.9 Å². The highest BCUT2D eigenvalue weighted by Crippen LogP contribution is 2.23. The monoisotopic (exact) mass is 344 g/mol. The van der Waals surface area contributed by atoms with Gasteiger partial charge in [-0.05, 0) is 55.2 Å². The van der Waals surface area contributed by atoms with Gasteiger partial charge in [0.15, 0.2) is 5.96 Å². The van der Waals surface area contributed by atoms with Gasteiger partial charge in [-0.15, -0.1) is 0 Å². The van der Waals surface area contributed by atoms with Gasteiger partial charge in [-0.1, -0.05) is 19.1 Å². The lowest BCUT2D eigenvalue weighted by Crippen LogP contribution is -2.43. The average molecular weight is 345 g/mol. The average Bonchev–Trinajstić information content (AvgIpc) is 2.66. The zero-order chi connectivity index (χ0) is 17.6. The second kappa shape index (κ2) is 8.56. The molecule has 2 fully saturated rings. The molecular formula is C20H32N4O. The normalized spacial score (nSPS) is 23.1. The minimum atomic E-state index is 0.321. The van der Waals surface area contributed by atoms with Gasteiger partial charge in [0.25, 0.3) is 0 Å². The summed E-state index contributed by atoms with van der Waals surface area (Å²) in [6.07, 6.45) is 4.65. The van der Waals surface area contributed by atoms with Crippen molar-refractivity contribution in [2.24, 2.45) is 22.6 Å². The molecule has 0 aromatic heterocycles. The summed E-state index contributed by atoms with van der Waals surface area (Å²) in [5, 5.41) is 9.25. The summed E-state index contributed by atoms with van der Waals surface area (Å²) < 4.78 is 0. The Labute approximate surface area is 151 Å². The fourth-order valence-corrected chi connectivity index (χ4v) is 3.86. The first-order chi connectivity index (χ1) is 12.2. The zero-order valence-electron chi connectivity index (χ0n) is 15.4. The lowest BCUT2D eigenvalue weighted by Gasteiger charge is -2.33. The van der Waals surface area contributed by atoms with Gasteiger partial charge in [0.1, 0.15) is 0 Å². The Morgan fingerprint density at radius 3 is 2.52 bits per heavy atom. The highest BCUT2D eigenvalue weighted by Gasteiger charge is 2.19. The quantitative estimate of drug-likeness (QED) is 0.650. The van der Waals surface area contributed by atoms with Crippen molar-refractivity contribution in [3.63, 3.8) is 0 Å². The van der Waals surface area contributed by atoms with Crippen LogP contribution in [0.5, 0.6) is 0 Å². The maximum absolute atomic E-state index is 9.25. The largest absolute Gasteiger partial charge is 0.396 e. The standard InChI is InChI=1S/C20H32N4O/c1-16-3-2-10-24(14-16)20(21)22-13-17-4-6-19(7-5-17)23-11-8-18(15-25)9-12-23/h4-7,16,18,25H,2-3,8-15H2,1H3,(H2,21,22). The number of piperidine rings is 2. The van der Waals surface area contributed by atoms with Crippen LogP contribution in [0.1, 0.15) is 38.2 Å². The lowest BCUT2D eigenvalue weighted by molar-refractivity contribution is 0.203. The van der Waals surface area contributed by atoms with Gasteiger partial charge in [-0.3, -0.25) is 0 Å². The first kappa shape index (κ1) is 18.1. The summed E-state index contributed by atoms with van der Waals surface area (Å²) in [6.45, 7) is 7.36. The summed E-state index contributed by atoms with van der Waals surface area (Å²) >= 11 is 0. The summed E-state index contributed by atoms with van der Waals surface area (Å²) in [5.41, 5.74) is 8.64. The second-order valence-electron chi connectivity index (χ2n) is 7.65. The van der Waals surface area contributed by atoms with Crippen molar-refractivity contribution < 1.29 is 5.11 Å². The van der Waals surface area contributed by atoms with E-state index in [1.807, 2.05) is 0 Å². The van der Waals surface area contributed by atoms with Crippen LogP contribution in [0.4, 0.5) is 5.69 Å². The van der Waals surface area contributed by atoms with E-state index in [-0.39, 0.29) is 0 Å². The molecule has 1 aromatic rings. The van der Waals surface area contributed by atoms with E-state index in [1.165, 1.54) is 24.1 Å². The van der Waals surface area contributed by atoms with Crippen molar-refractivity contribution >= 4 is 11.6 Å². The van der Waals surface area contributed by atoms with E-state index in [4.69, 9.17) is 5.73 Å². The number of rotatable bonds is 4. The topological polar surface area (TPSA) is 65.1 Å². The number of aliphatic hydroxyl groups is 1. The van der Waals surface area contributed by atoms with Crippen molar-refractivity contribution in [3.05, 3.63) is 29.8 Å². The number of aliphatic imine (C=N–C) groups is 1. The van der Waals surface area contributed by atoms with E-state index < -0.39 is 0 Å². The Balaban J connectivity index is 1.53. The molecule has 5 heteroatoms. The number of likely N-dealkylation sites (tertiary alicyclic amines) is 1.